The molecule has 1 fully saturated rings. The minimum Gasteiger partial charge on any atom is -0.459 e. The summed E-state index contributed by atoms with van der Waals surface area (Å²) < 4.78 is 5.64. The zero-order chi connectivity index (χ0) is 29.2. The van der Waals surface area contributed by atoms with Gasteiger partial charge in [0.05, 0.1) is 23.2 Å². The first-order valence-electron chi connectivity index (χ1n) is 13.7. The lowest BCUT2D eigenvalue weighted by atomic mass is 10.0. The summed E-state index contributed by atoms with van der Waals surface area (Å²) in [7, 11) is 0. The predicted molar refractivity (Wildman–Crippen MR) is 154 cm³/mol. The number of fused-ring (bicyclic) bond motifs is 2. The van der Waals surface area contributed by atoms with Crippen molar-refractivity contribution in [2.24, 2.45) is 5.92 Å². The molecule has 0 aromatic heterocycles. The van der Waals surface area contributed by atoms with Crippen LogP contribution in [0, 0.1) is 5.92 Å². The van der Waals surface area contributed by atoms with Gasteiger partial charge in [0.15, 0.2) is 0 Å². The molecule has 0 saturated carbocycles. The van der Waals surface area contributed by atoms with Gasteiger partial charge in [-0.25, -0.2) is 0 Å². The molecule has 0 spiro atoms. The highest BCUT2D eigenvalue weighted by atomic mass is 32.2. The van der Waals surface area contributed by atoms with E-state index < -0.39 is 41.5 Å². The van der Waals surface area contributed by atoms with Gasteiger partial charge in [-0.2, -0.15) is 0 Å². The van der Waals surface area contributed by atoms with Gasteiger partial charge in [0.25, 0.3) is 11.8 Å². The van der Waals surface area contributed by atoms with E-state index in [0.717, 1.165) is 15.7 Å². The number of hydrogen-bond acceptors (Lipinski definition) is 8. The van der Waals surface area contributed by atoms with Crippen molar-refractivity contribution in [1.82, 2.24) is 15.5 Å². The van der Waals surface area contributed by atoms with Crippen LogP contribution >= 0.6 is 11.8 Å². The fraction of sp³-hybridized carbons (Fsp3) is 0.500. The van der Waals surface area contributed by atoms with Crippen LogP contribution in [0.15, 0.2) is 36.4 Å². The van der Waals surface area contributed by atoms with Crippen molar-refractivity contribution in [1.29, 1.82) is 0 Å². The van der Waals surface area contributed by atoms with Crippen LogP contribution in [-0.4, -0.2) is 69.7 Å². The summed E-state index contributed by atoms with van der Waals surface area (Å²) >= 11 is 1.20. The topological polar surface area (TPSA) is 122 Å². The van der Waals surface area contributed by atoms with Gasteiger partial charge < -0.3 is 10.1 Å². The lowest BCUT2D eigenvalue weighted by molar-refractivity contribution is -0.158. The molecule has 10 heteroatoms. The number of nitrogens with one attached hydrogen (secondary N) is 2. The van der Waals surface area contributed by atoms with Crippen molar-refractivity contribution >= 4 is 51.3 Å². The van der Waals surface area contributed by atoms with Crippen LogP contribution in [0.1, 0.15) is 74.6 Å². The number of carbonyl (C=O) groups excluding carboxylic acids is 5. The number of amides is 3. The van der Waals surface area contributed by atoms with Gasteiger partial charge in [-0.15, -0.1) is 0 Å². The number of carbonyl (C=O) groups is 5. The molecule has 9 nitrogen and oxygen atoms in total. The Hall–Kier alpha value is -3.24. The summed E-state index contributed by atoms with van der Waals surface area (Å²) in [5.74, 6) is -1.01. The van der Waals surface area contributed by atoms with Gasteiger partial charge in [-0.1, -0.05) is 49.9 Å². The normalized spacial score (nSPS) is 18.8. The fourth-order valence-corrected chi connectivity index (χ4v) is 5.88. The van der Waals surface area contributed by atoms with E-state index in [4.69, 9.17) is 4.74 Å². The van der Waals surface area contributed by atoms with E-state index in [1.54, 1.807) is 32.9 Å². The van der Waals surface area contributed by atoms with E-state index in [0.29, 0.717) is 29.7 Å². The van der Waals surface area contributed by atoms with Crippen LogP contribution < -0.4 is 10.6 Å². The first-order valence-corrected chi connectivity index (χ1v) is 14.7. The van der Waals surface area contributed by atoms with Crippen molar-refractivity contribution in [2.45, 2.75) is 77.6 Å². The smallest absolute Gasteiger partial charge is 0.323 e. The van der Waals surface area contributed by atoms with E-state index in [-0.39, 0.29) is 29.9 Å². The number of benzene rings is 2. The Morgan fingerprint density at radius 3 is 2.12 bits per heavy atom. The molecule has 2 aromatic rings. The molecular weight excluding hydrogens is 530 g/mol. The highest BCUT2D eigenvalue weighted by Crippen LogP contribution is 2.28. The second-order valence-electron chi connectivity index (χ2n) is 11.7. The number of thioether (sulfide) groups is 1. The van der Waals surface area contributed by atoms with Crippen LogP contribution in [0.3, 0.4) is 0 Å². The number of imide groups is 1. The maximum atomic E-state index is 13.3. The van der Waals surface area contributed by atoms with Crippen molar-refractivity contribution in [3.05, 3.63) is 47.5 Å². The predicted octanol–water partition coefficient (Wildman–Crippen LogP) is 3.69. The first-order chi connectivity index (χ1) is 18.8. The zero-order valence-electron chi connectivity index (χ0n) is 23.6. The van der Waals surface area contributed by atoms with Crippen molar-refractivity contribution in [2.75, 3.05) is 12.3 Å². The molecule has 40 heavy (non-hydrogen) atoms. The van der Waals surface area contributed by atoms with Crippen LogP contribution in [0.2, 0.25) is 0 Å². The maximum absolute atomic E-state index is 13.3. The van der Waals surface area contributed by atoms with Crippen LogP contribution in [0.4, 0.5) is 0 Å². The average molecular weight is 568 g/mol. The molecule has 214 valence electrons. The highest BCUT2D eigenvalue weighted by Gasteiger charge is 2.38. The molecular formula is C30H37N3O6S. The molecule has 2 aliphatic rings. The Morgan fingerprint density at radius 1 is 1.02 bits per heavy atom. The largest absolute Gasteiger partial charge is 0.459 e. The van der Waals surface area contributed by atoms with E-state index >= 15 is 0 Å². The van der Waals surface area contributed by atoms with E-state index in [1.165, 1.54) is 11.8 Å². The third-order valence-corrected chi connectivity index (χ3v) is 7.86. The van der Waals surface area contributed by atoms with Gasteiger partial charge in [0, 0.05) is 12.3 Å². The van der Waals surface area contributed by atoms with Gasteiger partial charge in [0.1, 0.15) is 11.6 Å². The lowest BCUT2D eigenvalue weighted by Crippen LogP contribution is -2.55. The minimum atomic E-state index is -0.967. The molecule has 2 N–H and O–H groups in total. The third kappa shape index (κ3) is 6.90. The molecule has 0 radical (unpaired) electrons. The maximum Gasteiger partial charge on any atom is 0.323 e. The second-order valence-corrected chi connectivity index (χ2v) is 12.8. The van der Waals surface area contributed by atoms with Crippen molar-refractivity contribution < 1.29 is 28.7 Å². The molecule has 0 bridgehead atoms. The number of esters is 1. The zero-order valence-corrected chi connectivity index (χ0v) is 24.4. The molecule has 4 rings (SSSR count). The van der Waals surface area contributed by atoms with Crippen LogP contribution in [0.25, 0.3) is 10.8 Å². The summed E-state index contributed by atoms with van der Waals surface area (Å²) in [6.07, 6.45) is 1.03. The second kappa shape index (κ2) is 12.1. The number of nitrogens with zero attached hydrogens (tertiary/aromatic N) is 1. The quantitative estimate of drug-likeness (QED) is 0.329. The number of hydrogen-bond donors (Lipinski definition) is 2. The number of ether oxygens (including phenoxy) is 1. The Balaban J connectivity index is 1.53. The monoisotopic (exact) mass is 567 g/mol. The highest BCUT2D eigenvalue weighted by molar-refractivity contribution is 8.14. The molecule has 1 saturated heterocycles. The first kappa shape index (κ1) is 29.7. The summed E-state index contributed by atoms with van der Waals surface area (Å²) in [5.41, 5.74) is -0.112. The Labute approximate surface area is 238 Å². The molecule has 2 heterocycles. The standard InChI is InChI=1S/C30H37N3O6S/c1-17(2)14-24(25(34)32-23-11-13-40-29(23)38)31-22(28(37)39-30(3,4)5)10-12-33-26(35)20-15-18-8-6-7-9-19(18)16-21(20)27(33)36/h6-9,15-17,22-24,31H,10-14H2,1-5H3,(H,32,34)/t22-,23-,24+/m1/s1. The van der Waals surface area contributed by atoms with Crippen molar-refractivity contribution in [3.63, 3.8) is 0 Å². The fourth-order valence-electron chi connectivity index (χ4n) is 4.94. The lowest BCUT2D eigenvalue weighted by Gasteiger charge is -2.29. The summed E-state index contributed by atoms with van der Waals surface area (Å²) in [5, 5.41) is 7.62. The summed E-state index contributed by atoms with van der Waals surface area (Å²) in [6.45, 7) is 9.14. The SMILES string of the molecule is CC(C)C[C@H](N[C@H](CCN1C(=O)c2cc3ccccc3cc2C1=O)C(=O)OC(C)(C)C)C(=O)N[C@@H]1CCSC1=O. The Bertz CT molecular complexity index is 1280. The van der Waals surface area contributed by atoms with Crippen LogP contribution in [-0.2, 0) is 19.1 Å². The van der Waals surface area contributed by atoms with Crippen LogP contribution in [0.5, 0.6) is 0 Å². The Kier molecular flexibility index (Phi) is 8.99. The minimum absolute atomic E-state index is 0.0344. The average Bonchev–Trinajstić information content (AvgIpc) is 3.38. The molecule has 0 unspecified atom stereocenters. The molecule has 0 aliphatic carbocycles. The van der Waals surface area contributed by atoms with Gasteiger partial charge >= 0.3 is 5.97 Å². The molecule has 2 aromatic carbocycles. The number of rotatable bonds is 10. The Morgan fingerprint density at radius 2 is 1.62 bits per heavy atom. The third-order valence-electron chi connectivity index (χ3n) is 6.85. The molecule has 3 atom stereocenters. The van der Waals surface area contributed by atoms with Crippen molar-refractivity contribution in [3.8, 4) is 0 Å². The van der Waals surface area contributed by atoms with E-state index in [2.05, 4.69) is 10.6 Å². The van der Waals surface area contributed by atoms with E-state index in [9.17, 15) is 24.0 Å². The van der Waals surface area contributed by atoms with E-state index in [1.807, 2.05) is 38.1 Å². The summed E-state index contributed by atoms with van der Waals surface area (Å²) in [4.78, 5) is 66.2. The van der Waals surface area contributed by atoms with Gasteiger partial charge in [-0.05, 0) is 68.9 Å². The molecule has 3 amide bonds. The molecule has 2 aliphatic heterocycles. The van der Waals surface area contributed by atoms with Gasteiger partial charge in [0.2, 0.25) is 11.0 Å². The summed E-state index contributed by atoms with van der Waals surface area (Å²) in [6, 6.07) is 8.66. The van der Waals surface area contributed by atoms with Gasteiger partial charge in [-0.3, -0.25) is 34.2 Å².